The maximum absolute atomic E-state index is 12.5. The minimum Gasteiger partial charge on any atom is -0.348 e. The Morgan fingerprint density at radius 2 is 1.83 bits per heavy atom. The van der Waals surface area contributed by atoms with Crippen LogP contribution in [0.1, 0.15) is 51.0 Å². The molecule has 2 rings (SSSR count). The summed E-state index contributed by atoms with van der Waals surface area (Å²) in [5.41, 5.74) is -0.388. The number of nitrogens with one attached hydrogen (secondary N) is 2. The lowest BCUT2D eigenvalue weighted by molar-refractivity contribution is 0.0867. The molecule has 0 radical (unpaired) electrons. The number of rotatable bonds is 3. The summed E-state index contributed by atoms with van der Waals surface area (Å²) in [6.45, 7) is 8.30. The molecule has 1 saturated heterocycles. The van der Waals surface area contributed by atoms with Crippen molar-refractivity contribution in [3.05, 3.63) is 16.9 Å². The van der Waals surface area contributed by atoms with Crippen LogP contribution in [-0.2, 0) is 9.84 Å². The van der Waals surface area contributed by atoms with Crippen molar-refractivity contribution in [2.75, 3.05) is 6.26 Å². The summed E-state index contributed by atoms with van der Waals surface area (Å²) in [4.78, 5) is 20.0. The topological polar surface area (TPSA) is 101 Å². The molecule has 9 heteroatoms. The molecule has 1 fully saturated rings. The summed E-state index contributed by atoms with van der Waals surface area (Å²) in [6.07, 6.45) is 3.60. The Morgan fingerprint density at radius 1 is 1.29 bits per heavy atom. The van der Waals surface area contributed by atoms with Gasteiger partial charge in [-0.3, -0.25) is 4.79 Å². The molecule has 2 N–H and O–H groups in total. The largest absolute Gasteiger partial charge is 0.348 e. The second kappa shape index (κ2) is 6.24. The molecule has 1 aromatic heterocycles. The predicted molar refractivity (Wildman–Crippen MR) is 91.9 cm³/mol. The highest BCUT2D eigenvalue weighted by molar-refractivity contribution is 7.90. The second-order valence-corrected chi connectivity index (χ2v) is 9.91. The summed E-state index contributed by atoms with van der Waals surface area (Å²) in [5.74, 6) is -0.495. The fourth-order valence-electron chi connectivity index (χ4n) is 3.37. The third-order valence-corrected chi connectivity index (χ3v) is 4.93. The van der Waals surface area contributed by atoms with Gasteiger partial charge in [-0.05, 0) is 40.5 Å². The van der Waals surface area contributed by atoms with E-state index in [1.54, 1.807) is 0 Å². The molecular formula is C15H23ClN4O3S. The molecule has 0 atom stereocenters. The number of hydrogen-bond donors (Lipinski definition) is 2. The van der Waals surface area contributed by atoms with Gasteiger partial charge in [0.25, 0.3) is 5.91 Å². The molecule has 0 unspecified atom stereocenters. The van der Waals surface area contributed by atoms with E-state index >= 15 is 0 Å². The lowest BCUT2D eigenvalue weighted by atomic mass is 9.79. The zero-order chi connectivity index (χ0) is 18.3. The Bertz CT molecular complexity index is 746. The highest BCUT2D eigenvalue weighted by Gasteiger charge is 2.38. The molecule has 1 aliphatic heterocycles. The fourth-order valence-corrected chi connectivity index (χ4v) is 4.05. The number of halogens is 1. The molecule has 0 spiro atoms. The number of piperidine rings is 1. The van der Waals surface area contributed by atoms with Gasteiger partial charge >= 0.3 is 0 Å². The van der Waals surface area contributed by atoms with Gasteiger partial charge in [-0.2, -0.15) is 0 Å². The second-order valence-electron chi connectivity index (χ2n) is 7.59. The molecule has 0 aliphatic carbocycles. The van der Waals surface area contributed by atoms with Gasteiger partial charge in [0.05, 0.1) is 11.2 Å². The number of aromatic nitrogens is 2. The number of sulfone groups is 1. The van der Waals surface area contributed by atoms with Gasteiger partial charge in [0.15, 0.2) is 5.69 Å². The monoisotopic (exact) mass is 374 g/mol. The third-order valence-electron chi connectivity index (χ3n) is 3.79. The molecular weight excluding hydrogens is 352 g/mol. The minimum atomic E-state index is -3.62. The van der Waals surface area contributed by atoms with Gasteiger partial charge in [-0.1, -0.05) is 11.6 Å². The van der Waals surface area contributed by atoms with E-state index in [2.05, 4.69) is 48.3 Å². The molecule has 1 aliphatic rings. The van der Waals surface area contributed by atoms with Crippen LogP contribution in [0.4, 0.5) is 0 Å². The highest BCUT2D eigenvalue weighted by atomic mass is 35.5. The first kappa shape index (κ1) is 19.1. The maximum atomic E-state index is 12.5. The van der Waals surface area contributed by atoms with E-state index in [0.717, 1.165) is 25.3 Å². The first-order valence-electron chi connectivity index (χ1n) is 7.62. The van der Waals surface area contributed by atoms with Crippen LogP contribution in [0.5, 0.6) is 0 Å². The van der Waals surface area contributed by atoms with Crippen LogP contribution in [0.2, 0.25) is 5.02 Å². The molecule has 2 heterocycles. The summed E-state index contributed by atoms with van der Waals surface area (Å²) in [5, 5.41) is 6.06. The predicted octanol–water partition coefficient (Wildman–Crippen LogP) is 1.57. The average molecular weight is 375 g/mol. The standard InChI is InChI=1S/C15H23ClN4O3S/c1-14(2)6-9(7-15(3,4)20-14)18-12(21)11-10(16)8-17-13(19-11)24(5,22)23/h8-9,20H,6-7H2,1-5H3,(H,18,21). The van der Waals surface area contributed by atoms with Crippen molar-refractivity contribution >= 4 is 27.3 Å². The van der Waals surface area contributed by atoms with Crippen LogP contribution >= 0.6 is 11.6 Å². The van der Waals surface area contributed by atoms with E-state index in [1.165, 1.54) is 0 Å². The summed E-state index contributed by atoms with van der Waals surface area (Å²) in [7, 11) is -3.62. The first-order valence-corrected chi connectivity index (χ1v) is 9.89. The van der Waals surface area contributed by atoms with E-state index < -0.39 is 20.9 Å². The van der Waals surface area contributed by atoms with Gasteiger partial charge in [-0.15, -0.1) is 0 Å². The molecule has 0 bridgehead atoms. The smallest absolute Gasteiger partial charge is 0.271 e. The molecule has 1 amide bonds. The van der Waals surface area contributed by atoms with Crippen LogP contribution in [0.3, 0.4) is 0 Å². The van der Waals surface area contributed by atoms with Crippen LogP contribution < -0.4 is 10.6 Å². The molecule has 0 aromatic carbocycles. The lowest BCUT2D eigenvalue weighted by Crippen LogP contribution is -2.62. The maximum Gasteiger partial charge on any atom is 0.271 e. The van der Waals surface area contributed by atoms with E-state index in [4.69, 9.17) is 11.6 Å². The lowest BCUT2D eigenvalue weighted by Gasteiger charge is -2.46. The van der Waals surface area contributed by atoms with Gasteiger partial charge in [-0.25, -0.2) is 18.4 Å². The van der Waals surface area contributed by atoms with E-state index in [1.807, 2.05) is 0 Å². The molecule has 134 valence electrons. The van der Waals surface area contributed by atoms with Crippen molar-refractivity contribution < 1.29 is 13.2 Å². The van der Waals surface area contributed by atoms with Crippen LogP contribution in [0.25, 0.3) is 0 Å². The van der Waals surface area contributed by atoms with Crippen molar-refractivity contribution in [2.45, 2.75) is 62.8 Å². The summed E-state index contributed by atoms with van der Waals surface area (Å²) < 4.78 is 23.1. The zero-order valence-electron chi connectivity index (χ0n) is 14.5. The normalized spacial score (nSPS) is 20.6. The number of carbonyl (C=O) groups is 1. The molecule has 7 nitrogen and oxygen atoms in total. The van der Waals surface area contributed by atoms with Crippen LogP contribution in [0.15, 0.2) is 11.4 Å². The van der Waals surface area contributed by atoms with Crippen molar-refractivity contribution in [1.82, 2.24) is 20.6 Å². The Morgan fingerprint density at radius 3 is 2.33 bits per heavy atom. The van der Waals surface area contributed by atoms with Gasteiger partial charge in [0.2, 0.25) is 15.0 Å². The van der Waals surface area contributed by atoms with Crippen LogP contribution in [-0.4, -0.2) is 47.7 Å². The van der Waals surface area contributed by atoms with Gasteiger partial charge < -0.3 is 10.6 Å². The number of carbonyl (C=O) groups excluding carboxylic acids is 1. The quantitative estimate of drug-likeness (QED) is 0.779. The van der Waals surface area contributed by atoms with E-state index in [0.29, 0.717) is 0 Å². The Kier molecular flexibility index (Phi) is 4.96. The summed E-state index contributed by atoms with van der Waals surface area (Å²) in [6, 6.07) is -0.0727. The van der Waals surface area contributed by atoms with Gasteiger partial charge in [0, 0.05) is 23.4 Å². The summed E-state index contributed by atoms with van der Waals surface area (Å²) >= 11 is 5.98. The van der Waals surface area contributed by atoms with E-state index in [-0.39, 0.29) is 27.8 Å². The molecule has 24 heavy (non-hydrogen) atoms. The highest BCUT2D eigenvalue weighted by Crippen LogP contribution is 2.28. The van der Waals surface area contributed by atoms with E-state index in [9.17, 15) is 13.2 Å². The van der Waals surface area contributed by atoms with Gasteiger partial charge in [0.1, 0.15) is 0 Å². The third kappa shape index (κ3) is 4.64. The Hall–Kier alpha value is -1.25. The number of hydrogen-bond acceptors (Lipinski definition) is 6. The molecule has 1 aromatic rings. The Labute approximate surface area is 147 Å². The fraction of sp³-hybridized carbons (Fsp3) is 0.667. The SMILES string of the molecule is CC1(C)CC(NC(=O)c2nc(S(C)(=O)=O)ncc2Cl)CC(C)(C)N1. The average Bonchev–Trinajstić information content (AvgIpc) is 2.33. The van der Waals surface area contributed by atoms with Crippen molar-refractivity contribution in [1.29, 1.82) is 0 Å². The first-order chi connectivity index (χ1) is 10.8. The van der Waals surface area contributed by atoms with Crippen molar-refractivity contribution in [3.8, 4) is 0 Å². The Balaban J connectivity index is 2.24. The molecule has 0 saturated carbocycles. The zero-order valence-corrected chi connectivity index (χ0v) is 16.0. The number of nitrogens with zero attached hydrogens (tertiary/aromatic N) is 2. The number of amides is 1. The van der Waals surface area contributed by atoms with Crippen LogP contribution in [0, 0.1) is 0 Å². The minimum absolute atomic E-state index is 0.0207. The van der Waals surface area contributed by atoms with Crippen molar-refractivity contribution in [2.24, 2.45) is 0 Å². The van der Waals surface area contributed by atoms with Crippen molar-refractivity contribution in [3.63, 3.8) is 0 Å².